The fourth-order valence-electron chi connectivity index (χ4n) is 2.00. The van der Waals surface area contributed by atoms with Crippen molar-refractivity contribution in [3.63, 3.8) is 0 Å². The van der Waals surface area contributed by atoms with Crippen LogP contribution in [0.15, 0.2) is 23.1 Å². The summed E-state index contributed by atoms with van der Waals surface area (Å²) in [6.45, 7) is 0.514. The Bertz CT molecular complexity index is 575. The molecule has 112 valence electrons. The van der Waals surface area contributed by atoms with E-state index in [1.165, 1.54) is 23.5 Å². The molecular formula is C13H17ClFNO3S. The molecule has 0 heterocycles. The van der Waals surface area contributed by atoms with Gasteiger partial charge in [-0.1, -0.05) is 6.07 Å². The summed E-state index contributed by atoms with van der Waals surface area (Å²) in [5.74, 6) is -0.605. The van der Waals surface area contributed by atoms with Gasteiger partial charge in [0.25, 0.3) is 0 Å². The van der Waals surface area contributed by atoms with Crippen LogP contribution in [0, 0.1) is 5.82 Å². The van der Waals surface area contributed by atoms with Crippen LogP contribution < -0.4 is 0 Å². The van der Waals surface area contributed by atoms with Crippen LogP contribution in [0.4, 0.5) is 4.39 Å². The van der Waals surface area contributed by atoms with E-state index in [0.29, 0.717) is 5.56 Å². The van der Waals surface area contributed by atoms with Gasteiger partial charge in [0.15, 0.2) is 0 Å². The predicted molar refractivity (Wildman–Crippen MR) is 74.7 cm³/mol. The molecule has 1 fully saturated rings. The molecule has 0 radical (unpaired) electrons. The molecule has 2 rings (SSSR count). The quantitative estimate of drug-likeness (QED) is 0.724. The Balaban J connectivity index is 2.36. The molecule has 0 spiro atoms. The third kappa shape index (κ3) is 3.31. The van der Waals surface area contributed by atoms with Crippen LogP contribution in [0.5, 0.6) is 0 Å². The van der Waals surface area contributed by atoms with Gasteiger partial charge >= 0.3 is 0 Å². The average Bonchev–Trinajstić information content (AvgIpc) is 3.24. The highest BCUT2D eigenvalue weighted by Crippen LogP contribution is 2.32. The number of sulfonamides is 1. The summed E-state index contributed by atoms with van der Waals surface area (Å²) in [6, 6.07) is 3.89. The van der Waals surface area contributed by atoms with Gasteiger partial charge in [-0.05, 0) is 30.5 Å². The minimum atomic E-state index is -3.85. The van der Waals surface area contributed by atoms with Gasteiger partial charge in [-0.2, -0.15) is 4.31 Å². The number of benzene rings is 1. The van der Waals surface area contributed by atoms with Crippen molar-refractivity contribution in [1.82, 2.24) is 4.31 Å². The maximum absolute atomic E-state index is 13.9. The molecule has 20 heavy (non-hydrogen) atoms. The van der Waals surface area contributed by atoms with Crippen molar-refractivity contribution in [2.75, 3.05) is 20.3 Å². The van der Waals surface area contributed by atoms with Crippen molar-refractivity contribution in [1.29, 1.82) is 0 Å². The highest BCUT2D eigenvalue weighted by atomic mass is 35.5. The van der Waals surface area contributed by atoms with E-state index in [1.54, 1.807) is 0 Å². The lowest BCUT2D eigenvalue weighted by Gasteiger charge is -2.22. The van der Waals surface area contributed by atoms with E-state index in [0.717, 1.165) is 18.9 Å². The van der Waals surface area contributed by atoms with Crippen molar-refractivity contribution in [3.8, 4) is 0 Å². The molecule has 0 aliphatic heterocycles. The summed E-state index contributed by atoms with van der Waals surface area (Å²) in [6.07, 6.45) is 1.61. The van der Waals surface area contributed by atoms with Gasteiger partial charge < -0.3 is 4.74 Å². The van der Waals surface area contributed by atoms with Crippen LogP contribution in [0.25, 0.3) is 0 Å². The van der Waals surface area contributed by atoms with Crippen LogP contribution in [0.2, 0.25) is 0 Å². The van der Waals surface area contributed by atoms with Crippen molar-refractivity contribution >= 4 is 21.6 Å². The Labute approximate surface area is 123 Å². The molecule has 0 atom stereocenters. The molecule has 0 saturated heterocycles. The van der Waals surface area contributed by atoms with Crippen molar-refractivity contribution in [3.05, 3.63) is 29.6 Å². The van der Waals surface area contributed by atoms with Crippen LogP contribution in [-0.2, 0) is 20.6 Å². The molecule has 1 aromatic carbocycles. The maximum atomic E-state index is 13.9. The number of hydrogen-bond acceptors (Lipinski definition) is 3. The van der Waals surface area contributed by atoms with Gasteiger partial charge in [0.2, 0.25) is 10.0 Å². The Morgan fingerprint density at radius 2 is 2.15 bits per heavy atom. The van der Waals surface area contributed by atoms with E-state index >= 15 is 0 Å². The van der Waals surface area contributed by atoms with E-state index in [-0.39, 0.29) is 30.0 Å². The smallest absolute Gasteiger partial charge is 0.246 e. The molecule has 1 aromatic rings. The van der Waals surface area contributed by atoms with Crippen LogP contribution in [-0.4, -0.2) is 39.0 Å². The fraction of sp³-hybridized carbons (Fsp3) is 0.538. The monoisotopic (exact) mass is 321 g/mol. The number of rotatable bonds is 7. The zero-order chi connectivity index (χ0) is 14.8. The Hall–Kier alpha value is -0.690. The SMILES string of the molecule is COCCN(C1CC1)S(=O)(=O)c1cc(CCl)ccc1F. The molecule has 0 bridgehead atoms. The van der Waals surface area contributed by atoms with Crippen molar-refractivity contribution in [2.45, 2.75) is 29.7 Å². The highest BCUT2D eigenvalue weighted by molar-refractivity contribution is 7.89. The van der Waals surface area contributed by atoms with E-state index < -0.39 is 15.8 Å². The van der Waals surface area contributed by atoms with Gasteiger partial charge in [-0.15, -0.1) is 11.6 Å². The van der Waals surface area contributed by atoms with E-state index in [1.807, 2.05) is 0 Å². The first-order chi connectivity index (χ1) is 9.50. The first kappa shape index (κ1) is 15.7. The summed E-state index contributed by atoms with van der Waals surface area (Å²) in [7, 11) is -2.35. The second-order valence-corrected chi connectivity index (χ2v) is 6.86. The van der Waals surface area contributed by atoms with Crippen LogP contribution in [0.1, 0.15) is 18.4 Å². The van der Waals surface area contributed by atoms with Crippen LogP contribution >= 0.6 is 11.6 Å². The van der Waals surface area contributed by atoms with E-state index in [2.05, 4.69) is 0 Å². The zero-order valence-electron chi connectivity index (χ0n) is 11.2. The summed E-state index contributed by atoms with van der Waals surface area (Å²) in [4.78, 5) is -0.307. The Kier molecular flexibility index (Phi) is 5.01. The van der Waals surface area contributed by atoms with Gasteiger partial charge in [0.05, 0.1) is 6.61 Å². The lowest BCUT2D eigenvalue weighted by atomic mass is 10.2. The van der Waals surface area contributed by atoms with Gasteiger partial charge in [-0.25, -0.2) is 12.8 Å². The number of nitrogens with zero attached hydrogens (tertiary/aromatic N) is 1. The van der Waals surface area contributed by atoms with Crippen molar-refractivity contribution < 1.29 is 17.5 Å². The summed E-state index contributed by atoms with van der Waals surface area (Å²) in [5, 5.41) is 0. The molecule has 7 heteroatoms. The molecule has 1 aliphatic carbocycles. The number of ether oxygens (including phenoxy) is 1. The molecule has 0 amide bonds. The lowest BCUT2D eigenvalue weighted by molar-refractivity contribution is 0.177. The Morgan fingerprint density at radius 1 is 1.45 bits per heavy atom. The van der Waals surface area contributed by atoms with Crippen molar-refractivity contribution in [2.24, 2.45) is 0 Å². The third-order valence-corrected chi connectivity index (χ3v) is 5.48. The second kappa shape index (κ2) is 6.39. The first-order valence-electron chi connectivity index (χ1n) is 6.36. The largest absolute Gasteiger partial charge is 0.383 e. The minimum absolute atomic E-state index is 0.0470. The number of alkyl halides is 1. The molecule has 1 aliphatic rings. The van der Waals surface area contributed by atoms with Gasteiger partial charge in [0.1, 0.15) is 10.7 Å². The van der Waals surface area contributed by atoms with Gasteiger partial charge in [-0.3, -0.25) is 0 Å². The van der Waals surface area contributed by atoms with Crippen LogP contribution in [0.3, 0.4) is 0 Å². The maximum Gasteiger partial charge on any atom is 0.246 e. The van der Waals surface area contributed by atoms with E-state index in [4.69, 9.17) is 16.3 Å². The second-order valence-electron chi connectivity index (χ2n) is 4.74. The molecule has 0 unspecified atom stereocenters. The number of methoxy groups -OCH3 is 1. The minimum Gasteiger partial charge on any atom is -0.383 e. The first-order valence-corrected chi connectivity index (χ1v) is 8.33. The molecule has 4 nitrogen and oxygen atoms in total. The zero-order valence-corrected chi connectivity index (χ0v) is 12.8. The number of halogens is 2. The predicted octanol–water partition coefficient (Wildman–Crippen LogP) is 2.36. The summed E-state index contributed by atoms with van der Waals surface area (Å²) < 4.78 is 45.3. The topological polar surface area (TPSA) is 46.6 Å². The molecule has 0 aromatic heterocycles. The molecular weight excluding hydrogens is 305 g/mol. The number of hydrogen-bond donors (Lipinski definition) is 0. The van der Waals surface area contributed by atoms with Gasteiger partial charge in [0, 0.05) is 25.6 Å². The Morgan fingerprint density at radius 3 is 2.70 bits per heavy atom. The van der Waals surface area contributed by atoms with E-state index in [9.17, 15) is 12.8 Å². The molecule has 0 N–H and O–H groups in total. The summed E-state index contributed by atoms with van der Waals surface area (Å²) >= 11 is 5.69. The fourth-order valence-corrected chi connectivity index (χ4v) is 3.95. The highest BCUT2D eigenvalue weighted by Gasteiger charge is 2.38. The standard InChI is InChI=1S/C13H17ClFNO3S/c1-19-7-6-16(11-3-4-11)20(17,18)13-8-10(9-14)2-5-12(13)15/h2,5,8,11H,3-4,6-7,9H2,1H3. The molecule has 1 saturated carbocycles. The lowest BCUT2D eigenvalue weighted by Crippen LogP contribution is -2.36. The average molecular weight is 322 g/mol. The normalized spacial score (nSPS) is 15.8. The summed E-state index contributed by atoms with van der Waals surface area (Å²) in [5.41, 5.74) is 0.578. The third-order valence-electron chi connectivity index (χ3n) is 3.21.